The number of nitrogens with one attached hydrogen (secondary N) is 1. The van der Waals surface area contributed by atoms with Gasteiger partial charge in [0.1, 0.15) is 5.82 Å². The molecule has 0 bridgehead atoms. The number of benzene rings is 2. The first-order chi connectivity index (χ1) is 12.2. The standard InChI is InChI=1S/C18H20FN3O3S/c1-12(10-13-6-4-5-7-15(13)19)20-26(24,25)14-8-9-16-17(11-14)22(3)18(23)21(16)2/h4-9,11-12,20H,10H2,1-3H3/t12-/m0/s1. The molecular weight excluding hydrogens is 357 g/mol. The maximum atomic E-state index is 13.8. The molecule has 2 aromatic carbocycles. The van der Waals surface area contributed by atoms with Gasteiger partial charge in [-0.3, -0.25) is 9.13 Å². The molecule has 26 heavy (non-hydrogen) atoms. The van der Waals surface area contributed by atoms with E-state index in [0.717, 1.165) is 0 Å². The predicted molar refractivity (Wildman–Crippen MR) is 98.0 cm³/mol. The molecule has 1 heterocycles. The van der Waals surface area contributed by atoms with Gasteiger partial charge in [0.05, 0.1) is 15.9 Å². The zero-order chi connectivity index (χ0) is 19.1. The molecular formula is C18H20FN3O3S. The van der Waals surface area contributed by atoms with Gasteiger partial charge in [-0.15, -0.1) is 0 Å². The number of aromatic nitrogens is 2. The molecule has 0 saturated heterocycles. The number of hydrogen-bond donors (Lipinski definition) is 1. The maximum Gasteiger partial charge on any atom is 0.328 e. The smallest absolute Gasteiger partial charge is 0.295 e. The summed E-state index contributed by atoms with van der Waals surface area (Å²) in [6.07, 6.45) is 0.234. The third-order valence-electron chi connectivity index (χ3n) is 4.39. The fourth-order valence-corrected chi connectivity index (χ4v) is 4.29. The Kier molecular flexibility index (Phi) is 4.72. The molecule has 0 aliphatic rings. The van der Waals surface area contributed by atoms with Crippen LogP contribution < -0.4 is 10.4 Å². The number of hydrogen-bond acceptors (Lipinski definition) is 3. The summed E-state index contributed by atoms with van der Waals surface area (Å²) < 4.78 is 44.5. The SMILES string of the molecule is C[C@@H](Cc1ccccc1F)NS(=O)(=O)c1ccc2c(c1)n(C)c(=O)n2C. The Morgan fingerprint density at radius 2 is 1.73 bits per heavy atom. The highest BCUT2D eigenvalue weighted by Crippen LogP contribution is 2.18. The van der Waals surface area contributed by atoms with Crippen LogP contribution in [-0.2, 0) is 30.5 Å². The second-order valence-corrected chi connectivity index (χ2v) is 8.08. The molecule has 138 valence electrons. The molecule has 3 aromatic rings. The number of imidazole rings is 1. The Hall–Kier alpha value is -2.45. The highest BCUT2D eigenvalue weighted by molar-refractivity contribution is 7.89. The molecule has 0 saturated carbocycles. The minimum absolute atomic E-state index is 0.0617. The first-order valence-corrected chi connectivity index (χ1v) is 9.60. The minimum Gasteiger partial charge on any atom is -0.295 e. The van der Waals surface area contributed by atoms with Gasteiger partial charge in [-0.05, 0) is 43.2 Å². The number of halogens is 1. The summed E-state index contributed by atoms with van der Waals surface area (Å²) in [5, 5.41) is 0. The van der Waals surface area contributed by atoms with Gasteiger partial charge in [-0.2, -0.15) is 0 Å². The second kappa shape index (κ2) is 6.69. The Labute approximate surface area is 150 Å². The molecule has 0 radical (unpaired) electrons. The van der Waals surface area contributed by atoms with Crippen molar-refractivity contribution in [3.05, 3.63) is 64.3 Å². The third kappa shape index (κ3) is 3.30. The minimum atomic E-state index is -3.80. The zero-order valence-electron chi connectivity index (χ0n) is 14.7. The molecule has 0 unspecified atom stereocenters. The van der Waals surface area contributed by atoms with Crippen molar-refractivity contribution < 1.29 is 12.8 Å². The van der Waals surface area contributed by atoms with E-state index in [0.29, 0.717) is 16.6 Å². The lowest BCUT2D eigenvalue weighted by Crippen LogP contribution is -2.34. The third-order valence-corrected chi connectivity index (χ3v) is 5.98. The highest BCUT2D eigenvalue weighted by Gasteiger charge is 2.20. The van der Waals surface area contributed by atoms with Crippen molar-refractivity contribution in [2.45, 2.75) is 24.3 Å². The predicted octanol–water partition coefficient (Wildman–Crippen LogP) is 1.93. The lowest BCUT2D eigenvalue weighted by atomic mass is 10.1. The molecule has 0 spiro atoms. The zero-order valence-corrected chi connectivity index (χ0v) is 15.5. The maximum absolute atomic E-state index is 13.8. The van der Waals surface area contributed by atoms with Crippen LogP contribution in [0.3, 0.4) is 0 Å². The van der Waals surface area contributed by atoms with E-state index in [-0.39, 0.29) is 22.8 Å². The van der Waals surface area contributed by atoms with Crippen LogP contribution in [0.25, 0.3) is 11.0 Å². The normalized spacial score (nSPS) is 13.2. The molecule has 0 aliphatic heterocycles. The molecule has 8 heteroatoms. The molecule has 6 nitrogen and oxygen atoms in total. The van der Waals surface area contributed by atoms with Gasteiger partial charge in [0.15, 0.2) is 0 Å². The Bertz CT molecular complexity index is 1130. The van der Waals surface area contributed by atoms with Gasteiger partial charge in [-0.1, -0.05) is 18.2 Å². The van der Waals surface area contributed by atoms with Gasteiger partial charge < -0.3 is 0 Å². The van der Waals surface area contributed by atoms with Crippen LogP contribution in [0, 0.1) is 5.82 Å². The quantitative estimate of drug-likeness (QED) is 0.738. The fraction of sp³-hybridized carbons (Fsp3) is 0.278. The van der Waals surface area contributed by atoms with Crippen molar-refractivity contribution in [2.75, 3.05) is 0 Å². The summed E-state index contributed by atoms with van der Waals surface area (Å²) in [7, 11) is -0.576. The van der Waals surface area contributed by atoms with Crippen molar-refractivity contribution >= 4 is 21.1 Å². The van der Waals surface area contributed by atoms with E-state index in [2.05, 4.69) is 4.72 Å². The topological polar surface area (TPSA) is 73.1 Å². The van der Waals surface area contributed by atoms with Gasteiger partial charge in [0.2, 0.25) is 10.0 Å². The van der Waals surface area contributed by atoms with Crippen LogP contribution >= 0.6 is 0 Å². The molecule has 1 N–H and O–H groups in total. The van der Waals surface area contributed by atoms with Crippen molar-refractivity contribution in [3.63, 3.8) is 0 Å². The van der Waals surface area contributed by atoms with Crippen molar-refractivity contribution in [3.8, 4) is 0 Å². The van der Waals surface area contributed by atoms with E-state index in [1.54, 1.807) is 45.3 Å². The second-order valence-electron chi connectivity index (χ2n) is 6.37. The number of fused-ring (bicyclic) bond motifs is 1. The van der Waals surface area contributed by atoms with E-state index in [4.69, 9.17) is 0 Å². The van der Waals surface area contributed by atoms with E-state index in [1.165, 1.54) is 27.3 Å². The van der Waals surface area contributed by atoms with Crippen LogP contribution in [0.15, 0.2) is 52.2 Å². The number of sulfonamides is 1. The van der Waals surface area contributed by atoms with E-state index >= 15 is 0 Å². The van der Waals surface area contributed by atoms with Crippen LogP contribution in [0.5, 0.6) is 0 Å². The summed E-state index contributed by atoms with van der Waals surface area (Å²) in [4.78, 5) is 12.0. The highest BCUT2D eigenvalue weighted by atomic mass is 32.2. The summed E-state index contributed by atoms with van der Waals surface area (Å²) in [5.41, 5.74) is 1.40. The van der Waals surface area contributed by atoms with Crippen LogP contribution in [0.1, 0.15) is 12.5 Å². The van der Waals surface area contributed by atoms with Crippen molar-refractivity contribution in [2.24, 2.45) is 14.1 Å². The molecule has 0 aliphatic carbocycles. The van der Waals surface area contributed by atoms with Crippen molar-refractivity contribution in [1.29, 1.82) is 0 Å². The molecule has 1 aromatic heterocycles. The van der Waals surface area contributed by atoms with Gasteiger partial charge in [-0.25, -0.2) is 22.3 Å². The molecule has 0 fully saturated rings. The lowest BCUT2D eigenvalue weighted by Gasteiger charge is -2.15. The lowest BCUT2D eigenvalue weighted by molar-refractivity contribution is 0.549. The first kappa shape index (κ1) is 18.3. The largest absolute Gasteiger partial charge is 0.328 e. The number of rotatable bonds is 5. The Morgan fingerprint density at radius 3 is 2.42 bits per heavy atom. The average molecular weight is 377 g/mol. The molecule has 0 amide bonds. The van der Waals surface area contributed by atoms with Gasteiger partial charge in [0, 0.05) is 20.1 Å². The van der Waals surface area contributed by atoms with E-state index in [1.807, 2.05) is 0 Å². The van der Waals surface area contributed by atoms with Crippen LogP contribution in [0.4, 0.5) is 4.39 Å². The Morgan fingerprint density at radius 1 is 1.08 bits per heavy atom. The number of aryl methyl sites for hydroxylation is 2. The molecule has 1 atom stereocenters. The summed E-state index contributed by atoms with van der Waals surface area (Å²) in [6.45, 7) is 1.68. The molecule has 3 rings (SSSR count). The fourth-order valence-electron chi connectivity index (χ4n) is 3.02. The van der Waals surface area contributed by atoms with Crippen molar-refractivity contribution in [1.82, 2.24) is 13.9 Å². The van der Waals surface area contributed by atoms with E-state index in [9.17, 15) is 17.6 Å². The summed E-state index contributed by atoms with van der Waals surface area (Å²) in [6, 6.07) is 10.3. The number of nitrogens with zero attached hydrogens (tertiary/aromatic N) is 2. The van der Waals surface area contributed by atoms with E-state index < -0.39 is 16.1 Å². The Balaban J connectivity index is 1.88. The summed E-state index contributed by atoms with van der Waals surface area (Å²) in [5.74, 6) is -0.362. The van der Waals surface area contributed by atoms with Crippen LogP contribution in [-0.4, -0.2) is 23.6 Å². The first-order valence-electron chi connectivity index (χ1n) is 8.12. The monoisotopic (exact) mass is 377 g/mol. The van der Waals surface area contributed by atoms with Crippen LogP contribution in [0.2, 0.25) is 0 Å². The van der Waals surface area contributed by atoms with Gasteiger partial charge in [0.25, 0.3) is 0 Å². The van der Waals surface area contributed by atoms with Gasteiger partial charge >= 0.3 is 5.69 Å². The summed E-state index contributed by atoms with van der Waals surface area (Å²) >= 11 is 0. The average Bonchev–Trinajstić information content (AvgIpc) is 2.81.